The fourth-order valence-electron chi connectivity index (χ4n) is 2.91. The highest BCUT2D eigenvalue weighted by molar-refractivity contribution is 7.99. The number of carbonyl (C=O) groups is 1. The lowest BCUT2D eigenvalue weighted by Gasteiger charge is -2.35. The minimum Gasteiger partial charge on any atom is -0.309 e. The molecule has 2 aromatic rings. The number of benzene rings is 1. The van der Waals surface area contributed by atoms with Crippen LogP contribution in [0.25, 0.3) is 0 Å². The summed E-state index contributed by atoms with van der Waals surface area (Å²) in [4.78, 5) is 18.3. The predicted molar refractivity (Wildman–Crippen MR) is 91.7 cm³/mol. The van der Waals surface area contributed by atoms with Gasteiger partial charge in [-0.2, -0.15) is 13.2 Å². The normalized spacial score (nSPS) is 17.3. The van der Waals surface area contributed by atoms with Crippen molar-refractivity contribution >= 4 is 23.4 Å². The van der Waals surface area contributed by atoms with Gasteiger partial charge in [0.2, 0.25) is 5.91 Å². The van der Waals surface area contributed by atoms with Gasteiger partial charge in [0.05, 0.1) is 16.3 Å². The lowest BCUT2D eigenvalue weighted by Crippen LogP contribution is -2.43. The molecule has 25 heavy (non-hydrogen) atoms. The van der Waals surface area contributed by atoms with Crippen LogP contribution in [-0.2, 0) is 17.4 Å². The summed E-state index contributed by atoms with van der Waals surface area (Å²) in [6.45, 7) is 2.01. The maximum atomic E-state index is 12.7. The molecule has 2 heterocycles. The molecule has 1 aliphatic heterocycles. The van der Waals surface area contributed by atoms with E-state index in [0.29, 0.717) is 5.03 Å². The molecule has 0 saturated carbocycles. The van der Waals surface area contributed by atoms with Crippen LogP contribution in [-0.4, -0.2) is 22.7 Å². The number of hydrogen-bond acceptors (Lipinski definition) is 3. The Bertz CT molecular complexity index is 762. The van der Waals surface area contributed by atoms with E-state index in [0.717, 1.165) is 48.1 Å². The number of anilines is 1. The molecule has 0 N–H and O–H groups in total. The number of nitrogens with zero attached hydrogens (tertiary/aromatic N) is 2. The van der Waals surface area contributed by atoms with Crippen LogP contribution in [0.5, 0.6) is 0 Å². The third-order valence-corrected chi connectivity index (χ3v) is 5.13. The summed E-state index contributed by atoms with van der Waals surface area (Å²) in [6, 6.07) is 10.2. The Kier molecular flexibility index (Phi) is 5.03. The molecule has 1 atom stereocenters. The fraction of sp³-hybridized carbons (Fsp3) is 0.333. The monoisotopic (exact) mass is 366 g/mol. The summed E-state index contributed by atoms with van der Waals surface area (Å²) in [7, 11) is 0. The van der Waals surface area contributed by atoms with Crippen molar-refractivity contribution in [3.8, 4) is 0 Å². The van der Waals surface area contributed by atoms with Crippen molar-refractivity contribution < 1.29 is 18.0 Å². The molecule has 7 heteroatoms. The summed E-state index contributed by atoms with van der Waals surface area (Å²) >= 11 is 1.15. The molecule has 0 spiro atoms. The number of aryl methyl sites for hydroxylation is 1. The Hall–Kier alpha value is -2.02. The van der Waals surface area contributed by atoms with Gasteiger partial charge in [-0.1, -0.05) is 30.0 Å². The van der Waals surface area contributed by atoms with Gasteiger partial charge in [-0.05, 0) is 43.5 Å². The highest BCUT2D eigenvalue weighted by Crippen LogP contribution is 2.32. The highest BCUT2D eigenvalue weighted by atomic mass is 32.2. The van der Waals surface area contributed by atoms with Gasteiger partial charge in [-0.3, -0.25) is 4.79 Å². The van der Waals surface area contributed by atoms with Crippen LogP contribution in [0.1, 0.15) is 24.5 Å². The number of pyridine rings is 1. The molecular formula is C18H17F3N2OS. The third kappa shape index (κ3) is 3.98. The molecule has 1 amide bonds. The predicted octanol–water partition coefficient (Wildman–Crippen LogP) is 4.56. The van der Waals surface area contributed by atoms with Crippen LogP contribution in [0.15, 0.2) is 47.6 Å². The second kappa shape index (κ2) is 7.07. The van der Waals surface area contributed by atoms with Gasteiger partial charge in [0.1, 0.15) is 0 Å². The van der Waals surface area contributed by atoms with Crippen molar-refractivity contribution in [1.82, 2.24) is 4.98 Å². The number of hydrogen-bond donors (Lipinski definition) is 0. The summed E-state index contributed by atoms with van der Waals surface area (Å²) in [5.74, 6) is 0.0724. The first kappa shape index (κ1) is 17.8. The lowest BCUT2D eigenvalue weighted by molar-refractivity contribution is -0.137. The summed E-state index contributed by atoms with van der Waals surface area (Å²) in [6.07, 6.45) is -1.77. The number of rotatable bonds is 3. The smallest absolute Gasteiger partial charge is 0.309 e. The van der Waals surface area contributed by atoms with Gasteiger partial charge < -0.3 is 4.90 Å². The molecule has 3 rings (SSSR count). The Morgan fingerprint density at radius 2 is 2.04 bits per heavy atom. The summed E-state index contributed by atoms with van der Waals surface area (Å²) in [5, 5.41) is 0.402. The SMILES string of the molecule is C[C@@H]1CCc2ccccc2N1C(=O)CSc1ccc(C(F)(F)F)cn1. The molecule has 132 valence electrons. The molecule has 1 aliphatic rings. The molecule has 3 nitrogen and oxygen atoms in total. The number of aromatic nitrogens is 1. The number of alkyl halides is 3. The van der Waals surface area contributed by atoms with E-state index in [1.54, 1.807) is 4.90 Å². The van der Waals surface area contributed by atoms with E-state index in [2.05, 4.69) is 4.98 Å². The van der Waals surface area contributed by atoms with E-state index in [1.165, 1.54) is 6.07 Å². The van der Waals surface area contributed by atoms with E-state index in [-0.39, 0.29) is 17.7 Å². The zero-order valence-corrected chi connectivity index (χ0v) is 14.4. The molecule has 1 aromatic heterocycles. The van der Waals surface area contributed by atoms with Crippen molar-refractivity contribution in [3.05, 3.63) is 53.7 Å². The number of halogens is 3. The first-order chi connectivity index (χ1) is 11.9. The van der Waals surface area contributed by atoms with E-state index in [1.807, 2.05) is 31.2 Å². The maximum absolute atomic E-state index is 12.7. The molecule has 0 saturated heterocycles. The topological polar surface area (TPSA) is 33.2 Å². The van der Waals surface area contributed by atoms with Crippen LogP contribution in [0, 0.1) is 0 Å². The quantitative estimate of drug-likeness (QED) is 0.747. The molecule has 1 aromatic carbocycles. The number of amides is 1. The van der Waals surface area contributed by atoms with Crippen LogP contribution in [0.2, 0.25) is 0 Å². The largest absolute Gasteiger partial charge is 0.417 e. The molecular weight excluding hydrogens is 349 g/mol. The first-order valence-corrected chi connectivity index (χ1v) is 8.91. The van der Waals surface area contributed by atoms with Gasteiger partial charge >= 0.3 is 6.18 Å². The van der Waals surface area contributed by atoms with Crippen molar-refractivity contribution in [1.29, 1.82) is 0 Å². The van der Waals surface area contributed by atoms with E-state index < -0.39 is 11.7 Å². The fourth-order valence-corrected chi connectivity index (χ4v) is 3.61. The van der Waals surface area contributed by atoms with Crippen molar-refractivity contribution in [2.45, 2.75) is 37.0 Å². The van der Waals surface area contributed by atoms with E-state index >= 15 is 0 Å². The standard InChI is InChI=1S/C18H17F3N2OS/c1-12-6-7-13-4-2-3-5-15(13)23(12)17(24)11-25-16-9-8-14(10-22-16)18(19,20)21/h2-5,8-10,12H,6-7,11H2,1H3/t12-/m1/s1. The summed E-state index contributed by atoms with van der Waals surface area (Å²) in [5.41, 5.74) is 1.28. The van der Waals surface area contributed by atoms with Crippen LogP contribution in [0.4, 0.5) is 18.9 Å². The van der Waals surface area contributed by atoms with Gasteiger partial charge in [0.25, 0.3) is 0 Å². The number of thioether (sulfide) groups is 1. The third-order valence-electron chi connectivity index (χ3n) is 4.20. The lowest BCUT2D eigenvalue weighted by atomic mass is 9.97. The molecule has 0 aliphatic carbocycles. The van der Waals surface area contributed by atoms with Gasteiger partial charge in [0.15, 0.2) is 0 Å². The molecule has 0 radical (unpaired) electrons. The van der Waals surface area contributed by atoms with Crippen molar-refractivity contribution in [2.75, 3.05) is 10.7 Å². The van der Waals surface area contributed by atoms with E-state index in [9.17, 15) is 18.0 Å². The summed E-state index contributed by atoms with van der Waals surface area (Å²) < 4.78 is 37.7. The zero-order valence-electron chi connectivity index (χ0n) is 13.6. The molecule has 0 fully saturated rings. The first-order valence-electron chi connectivity index (χ1n) is 7.92. The Labute approximate surface area is 148 Å². The average molecular weight is 366 g/mol. The van der Waals surface area contributed by atoms with Crippen molar-refractivity contribution in [2.24, 2.45) is 0 Å². The van der Waals surface area contributed by atoms with Gasteiger partial charge in [0, 0.05) is 17.9 Å². The van der Waals surface area contributed by atoms with Crippen LogP contribution >= 0.6 is 11.8 Å². The van der Waals surface area contributed by atoms with Crippen LogP contribution in [0.3, 0.4) is 0 Å². The number of fused-ring (bicyclic) bond motifs is 1. The Morgan fingerprint density at radius 1 is 1.28 bits per heavy atom. The number of para-hydroxylation sites is 1. The Balaban J connectivity index is 1.69. The highest BCUT2D eigenvalue weighted by Gasteiger charge is 2.31. The minimum absolute atomic E-state index is 0.0636. The van der Waals surface area contributed by atoms with Gasteiger partial charge in [-0.25, -0.2) is 4.98 Å². The second-order valence-corrected chi connectivity index (χ2v) is 6.95. The Morgan fingerprint density at radius 3 is 2.72 bits per heavy atom. The maximum Gasteiger partial charge on any atom is 0.417 e. The van der Waals surface area contributed by atoms with Gasteiger partial charge in [-0.15, -0.1) is 0 Å². The average Bonchev–Trinajstić information content (AvgIpc) is 2.59. The van der Waals surface area contributed by atoms with E-state index in [4.69, 9.17) is 0 Å². The molecule has 0 unspecified atom stereocenters. The second-order valence-electron chi connectivity index (χ2n) is 5.95. The molecule has 0 bridgehead atoms. The van der Waals surface area contributed by atoms with Crippen molar-refractivity contribution in [3.63, 3.8) is 0 Å². The minimum atomic E-state index is -4.40. The number of carbonyl (C=O) groups excluding carboxylic acids is 1. The zero-order chi connectivity index (χ0) is 18.0. The van der Waals surface area contributed by atoms with Crippen LogP contribution < -0.4 is 4.90 Å².